The van der Waals surface area contributed by atoms with Crippen LogP contribution in [-0.2, 0) is 0 Å². The fourth-order valence-corrected chi connectivity index (χ4v) is 2.45. The van der Waals surface area contributed by atoms with Crippen LogP contribution in [0.25, 0.3) is 10.9 Å². The summed E-state index contributed by atoms with van der Waals surface area (Å²) in [5.74, 6) is 0.706. The van der Waals surface area contributed by atoms with Crippen LogP contribution in [0.4, 0.5) is 0 Å². The van der Waals surface area contributed by atoms with Gasteiger partial charge in [0.05, 0.1) is 0 Å². The summed E-state index contributed by atoms with van der Waals surface area (Å²) < 4.78 is 0.837. The molecule has 0 fully saturated rings. The van der Waals surface area contributed by atoms with E-state index < -0.39 is 0 Å². The van der Waals surface area contributed by atoms with Crippen molar-refractivity contribution < 1.29 is 0 Å². The second kappa shape index (κ2) is 5.33. The minimum absolute atomic E-state index is 0. The van der Waals surface area contributed by atoms with Crippen molar-refractivity contribution in [2.24, 2.45) is 0 Å². The first-order valence-electron chi connectivity index (χ1n) is 3.90. The van der Waals surface area contributed by atoms with E-state index in [2.05, 4.69) is 26.0 Å². The quantitative estimate of drug-likeness (QED) is 0.681. The van der Waals surface area contributed by atoms with Crippen molar-refractivity contribution in [1.82, 2.24) is 9.97 Å². The van der Waals surface area contributed by atoms with Crippen LogP contribution in [0.15, 0.2) is 12.1 Å². The van der Waals surface area contributed by atoms with E-state index in [9.17, 15) is 0 Å². The van der Waals surface area contributed by atoms with E-state index in [1.54, 1.807) is 6.07 Å². The normalized spacial score (nSPS) is 10.1. The number of rotatable bonds is 0. The molecular formula is C9H7Cl2N2NaSe. The molecule has 0 aliphatic rings. The Labute approximate surface area is 128 Å². The van der Waals surface area contributed by atoms with Crippen molar-refractivity contribution in [3.8, 4) is 0 Å². The molecule has 0 unspecified atom stereocenters. The first-order chi connectivity index (χ1) is 6.58. The Balaban J connectivity index is 0.00000112. The maximum absolute atomic E-state index is 6.02. The molecule has 6 heteroatoms. The van der Waals surface area contributed by atoms with E-state index >= 15 is 0 Å². The topological polar surface area (TPSA) is 25.8 Å². The van der Waals surface area contributed by atoms with E-state index in [1.165, 1.54) is 0 Å². The van der Waals surface area contributed by atoms with Crippen LogP contribution in [0.1, 0.15) is 5.82 Å². The maximum atomic E-state index is 6.02. The zero-order valence-corrected chi connectivity index (χ0v) is 10.6. The molecule has 2 aromatic rings. The molecule has 2 nitrogen and oxygen atoms in total. The van der Waals surface area contributed by atoms with Gasteiger partial charge >= 0.3 is 129 Å². The molecule has 0 bridgehead atoms. The number of nitrogens with zero attached hydrogens (tertiary/aromatic N) is 2. The van der Waals surface area contributed by atoms with Crippen molar-refractivity contribution in [2.45, 2.75) is 6.92 Å². The third-order valence-electron chi connectivity index (χ3n) is 1.81. The molecule has 0 amide bonds. The Morgan fingerprint density at radius 1 is 1.20 bits per heavy atom. The van der Waals surface area contributed by atoms with Gasteiger partial charge in [0, 0.05) is 0 Å². The van der Waals surface area contributed by atoms with Crippen LogP contribution < -0.4 is 4.59 Å². The predicted molar refractivity (Wildman–Crippen MR) is 68.2 cm³/mol. The molecule has 15 heavy (non-hydrogen) atoms. The van der Waals surface area contributed by atoms with E-state index in [0.717, 1.165) is 15.5 Å². The van der Waals surface area contributed by atoms with Crippen LogP contribution in [0, 0.1) is 6.92 Å². The Morgan fingerprint density at radius 3 is 2.53 bits per heavy atom. The number of fused-ring (bicyclic) bond motifs is 1. The van der Waals surface area contributed by atoms with Crippen LogP contribution in [0.3, 0.4) is 0 Å². The fraction of sp³-hybridized carbons (Fsp3) is 0.111. The first kappa shape index (κ1) is 13.7. The molecule has 0 saturated heterocycles. The first-order valence-corrected chi connectivity index (χ1v) is 5.59. The van der Waals surface area contributed by atoms with Gasteiger partial charge < -0.3 is 0 Å². The van der Waals surface area contributed by atoms with E-state index in [4.69, 9.17) is 23.2 Å². The van der Waals surface area contributed by atoms with Crippen molar-refractivity contribution in [3.05, 3.63) is 28.0 Å². The van der Waals surface area contributed by atoms with Crippen molar-refractivity contribution in [3.63, 3.8) is 0 Å². The van der Waals surface area contributed by atoms with Gasteiger partial charge in [-0.1, -0.05) is 0 Å². The monoisotopic (exact) mass is 316 g/mol. The van der Waals surface area contributed by atoms with Gasteiger partial charge in [-0.15, -0.1) is 0 Å². The Bertz CT molecular complexity index is 472. The molecule has 0 radical (unpaired) electrons. The van der Waals surface area contributed by atoms with E-state index in [1.807, 2.05) is 13.0 Å². The summed E-state index contributed by atoms with van der Waals surface area (Å²) in [6.07, 6.45) is 0. The zero-order chi connectivity index (χ0) is 10.3. The Kier molecular flexibility index (Phi) is 4.87. The van der Waals surface area contributed by atoms with Crippen molar-refractivity contribution in [2.75, 3.05) is 0 Å². The zero-order valence-electron chi connectivity index (χ0n) is 7.25. The molecule has 2 rings (SSSR count). The van der Waals surface area contributed by atoms with Gasteiger partial charge in [0.25, 0.3) is 0 Å². The summed E-state index contributed by atoms with van der Waals surface area (Å²) in [4.78, 5) is 8.49. The SMILES string of the molecule is Cc1nc([SeH])c2cc(Cl)cc(Cl)c2n1.[NaH]. The summed E-state index contributed by atoms with van der Waals surface area (Å²) in [7, 11) is 0. The number of benzene rings is 1. The number of hydrogen-bond donors (Lipinski definition) is 0. The molecule has 0 saturated carbocycles. The van der Waals surface area contributed by atoms with Gasteiger partial charge in [0.1, 0.15) is 0 Å². The van der Waals surface area contributed by atoms with Gasteiger partial charge in [-0.3, -0.25) is 0 Å². The molecule has 0 spiro atoms. The van der Waals surface area contributed by atoms with Gasteiger partial charge in [0.2, 0.25) is 0 Å². The second-order valence-corrected chi connectivity index (χ2v) is 4.61. The summed E-state index contributed by atoms with van der Waals surface area (Å²) in [6.45, 7) is 1.83. The number of hydrogen-bond acceptors (Lipinski definition) is 2. The van der Waals surface area contributed by atoms with Crippen LogP contribution in [0.2, 0.25) is 10.0 Å². The second-order valence-electron chi connectivity index (χ2n) is 2.88. The molecule has 0 N–H and O–H groups in total. The van der Waals surface area contributed by atoms with E-state index in [-0.39, 0.29) is 29.6 Å². The average molecular weight is 316 g/mol. The summed E-state index contributed by atoms with van der Waals surface area (Å²) >= 11 is 14.3. The fourth-order valence-electron chi connectivity index (χ4n) is 1.25. The number of aromatic nitrogens is 2. The van der Waals surface area contributed by atoms with Gasteiger partial charge in [-0.25, -0.2) is 0 Å². The number of aryl methyl sites for hydroxylation is 1. The number of halogens is 2. The van der Waals surface area contributed by atoms with Gasteiger partial charge in [0.15, 0.2) is 0 Å². The van der Waals surface area contributed by atoms with Crippen LogP contribution >= 0.6 is 23.2 Å². The van der Waals surface area contributed by atoms with Gasteiger partial charge in [-0.2, -0.15) is 0 Å². The molecular weight excluding hydrogens is 309 g/mol. The molecule has 1 aromatic heterocycles. The van der Waals surface area contributed by atoms with Crippen molar-refractivity contribution >= 4 is 84.3 Å². The third kappa shape index (κ3) is 2.86. The van der Waals surface area contributed by atoms with Crippen LogP contribution in [0.5, 0.6) is 0 Å². The standard InChI is InChI=1S/C9H6Cl2N2Se.Na.H/c1-4-12-8-6(9(14)13-4)2-5(10)3-7(8)11;;/h2-3H,1H3,(H,12,13,14);;. The Hall–Kier alpha value is 0.659. The molecule has 74 valence electrons. The molecule has 0 atom stereocenters. The average Bonchev–Trinajstić information content (AvgIpc) is 2.07. The summed E-state index contributed by atoms with van der Waals surface area (Å²) in [5.41, 5.74) is 0.749. The molecule has 0 aliphatic heterocycles. The summed E-state index contributed by atoms with van der Waals surface area (Å²) in [5, 5.41) is 2.04. The molecule has 1 aromatic carbocycles. The Morgan fingerprint density at radius 2 is 1.87 bits per heavy atom. The predicted octanol–water partition coefficient (Wildman–Crippen LogP) is 1.12. The summed E-state index contributed by atoms with van der Waals surface area (Å²) in [6, 6.07) is 3.50. The van der Waals surface area contributed by atoms with Gasteiger partial charge in [-0.05, 0) is 0 Å². The van der Waals surface area contributed by atoms with Crippen molar-refractivity contribution in [1.29, 1.82) is 0 Å². The minimum atomic E-state index is 0. The third-order valence-corrected chi connectivity index (χ3v) is 3.03. The van der Waals surface area contributed by atoms with Crippen LogP contribution in [-0.4, -0.2) is 55.5 Å². The van der Waals surface area contributed by atoms with E-state index in [0.29, 0.717) is 15.9 Å². The molecule has 1 heterocycles. The molecule has 0 aliphatic carbocycles.